The monoisotopic (exact) mass is 270 g/mol. The summed E-state index contributed by atoms with van der Waals surface area (Å²) in [4.78, 5) is 23.4. The van der Waals surface area contributed by atoms with E-state index in [0.29, 0.717) is 0 Å². The maximum absolute atomic E-state index is 11.7. The van der Waals surface area contributed by atoms with Crippen LogP contribution in [-0.4, -0.2) is 23.1 Å². The van der Waals surface area contributed by atoms with Crippen LogP contribution in [0.3, 0.4) is 0 Å². The Kier molecular flexibility index (Phi) is 5.15. The summed E-state index contributed by atoms with van der Waals surface area (Å²) in [6.45, 7) is 5.44. The zero-order chi connectivity index (χ0) is 13.7. The highest BCUT2D eigenvalue weighted by molar-refractivity contribution is 7.10. The molecule has 0 saturated carbocycles. The van der Waals surface area contributed by atoms with Crippen LogP contribution in [0.5, 0.6) is 0 Å². The second kappa shape index (κ2) is 6.39. The van der Waals surface area contributed by atoms with Gasteiger partial charge in [0.25, 0.3) is 0 Å². The Morgan fingerprint density at radius 3 is 2.39 bits per heavy atom. The smallest absolute Gasteiger partial charge is 0.325 e. The Morgan fingerprint density at radius 1 is 1.28 bits per heavy atom. The number of amides is 2. The molecule has 2 amide bonds. The van der Waals surface area contributed by atoms with E-state index in [4.69, 9.17) is 5.11 Å². The molecule has 0 radical (unpaired) electrons. The molecule has 5 nitrogen and oxygen atoms in total. The van der Waals surface area contributed by atoms with Crippen LogP contribution in [0, 0.1) is 5.92 Å². The average molecular weight is 270 g/mol. The van der Waals surface area contributed by atoms with E-state index in [9.17, 15) is 9.59 Å². The largest absolute Gasteiger partial charge is 0.480 e. The molecule has 6 heteroatoms. The van der Waals surface area contributed by atoms with Crippen molar-refractivity contribution in [3.63, 3.8) is 0 Å². The highest BCUT2D eigenvalue weighted by Gasteiger charge is 2.21. The lowest BCUT2D eigenvalue weighted by molar-refractivity contribution is -0.138. The van der Waals surface area contributed by atoms with E-state index in [1.54, 1.807) is 11.3 Å². The van der Waals surface area contributed by atoms with Crippen LogP contribution in [0.2, 0.25) is 0 Å². The minimum absolute atomic E-state index is 0.106. The van der Waals surface area contributed by atoms with Crippen molar-refractivity contribution in [3.05, 3.63) is 22.4 Å². The van der Waals surface area contributed by atoms with E-state index >= 15 is 0 Å². The first-order chi connectivity index (χ1) is 8.41. The fraction of sp³-hybridized carbons (Fsp3) is 0.500. The summed E-state index contributed by atoms with van der Waals surface area (Å²) in [6.07, 6.45) is 0. The van der Waals surface area contributed by atoms with Crippen molar-refractivity contribution in [1.29, 1.82) is 0 Å². The molecule has 1 unspecified atom stereocenters. The summed E-state index contributed by atoms with van der Waals surface area (Å²) in [5, 5.41) is 15.8. The average Bonchev–Trinajstić information content (AvgIpc) is 2.78. The maximum atomic E-state index is 11.7. The van der Waals surface area contributed by atoms with Gasteiger partial charge >= 0.3 is 12.0 Å². The van der Waals surface area contributed by atoms with Gasteiger partial charge in [-0.3, -0.25) is 4.79 Å². The molecule has 3 N–H and O–H groups in total. The first-order valence-electron chi connectivity index (χ1n) is 5.75. The first-order valence-corrected chi connectivity index (χ1v) is 6.63. The molecule has 0 aromatic carbocycles. The Morgan fingerprint density at radius 2 is 1.94 bits per heavy atom. The third kappa shape index (κ3) is 4.03. The van der Waals surface area contributed by atoms with Gasteiger partial charge < -0.3 is 15.7 Å². The number of urea groups is 1. The van der Waals surface area contributed by atoms with Gasteiger partial charge in [0, 0.05) is 4.88 Å². The molecular formula is C12H18N2O3S. The van der Waals surface area contributed by atoms with Crippen LogP contribution >= 0.6 is 11.3 Å². The Labute approximate surface area is 110 Å². The van der Waals surface area contributed by atoms with Crippen molar-refractivity contribution < 1.29 is 14.7 Å². The molecule has 1 rings (SSSR count). The molecule has 0 saturated heterocycles. The van der Waals surface area contributed by atoms with Crippen LogP contribution in [-0.2, 0) is 4.79 Å². The number of aliphatic carboxylic acids is 1. The fourth-order valence-corrected chi connectivity index (χ4v) is 2.42. The van der Waals surface area contributed by atoms with Gasteiger partial charge in [-0.25, -0.2) is 4.79 Å². The zero-order valence-corrected chi connectivity index (χ0v) is 11.5. The lowest BCUT2D eigenvalue weighted by Crippen LogP contribution is -2.46. The number of thiophene rings is 1. The van der Waals surface area contributed by atoms with Gasteiger partial charge in [0.1, 0.15) is 6.04 Å². The first kappa shape index (κ1) is 14.5. The lowest BCUT2D eigenvalue weighted by Gasteiger charge is -2.22. The second-order valence-corrected chi connectivity index (χ2v) is 5.39. The predicted octanol–water partition coefficient (Wildman–Crippen LogP) is 2.22. The zero-order valence-electron chi connectivity index (χ0n) is 10.6. The SMILES string of the molecule is CC(C)C(NC(=O)N[C@H](C)C(=O)O)c1cccs1. The third-order valence-corrected chi connectivity index (χ3v) is 3.48. The van der Waals surface area contributed by atoms with Crippen molar-refractivity contribution in [3.8, 4) is 0 Å². The van der Waals surface area contributed by atoms with Crippen molar-refractivity contribution in [2.75, 3.05) is 0 Å². The van der Waals surface area contributed by atoms with Gasteiger partial charge in [0.15, 0.2) is 0 Å². The number of carbonyl (C=O) groups is 2. The van der Waals surface area contributed by atoms with Gasteiger partial charge in [-0.15, -0.1) is 11.3 Å². The number of carboxylic acid groups (broad SMARTS) is 1. The molecule has 0 fully saturated rings. The molecule has 0 spiro atoms. The van der Waals surface area contributed by atoms with E-state index in [2.05, 4.69) is 10.6 Å². The highest BCUT2D eigenvalue weighted by Crippen LogP contribution is 2.25. The summed E-state index contributed by atoms with van der Waals surface area (Å²) in [5.41, 5.74) is 0. The molecule has 1 heterocycles. The predicted molar refractivity (Wildman–Crippen MR) is 70.7 cm³/mol. The topological polar surface area (TPSA) is 78.4 Å². The molecule has 1 aromatic heterocycles. The standard InChI is InChI=1S/C12H18N2O3S/c1-7(2)10(9-5-4-6-18-9)14-12(17)13-8(3)11(15)16/h4-8,10H,1-3H3,(H,15,16)(H2,13,14,17)/t8-,10?/m1/s1. The molecule has 0 aliphatic rings. The molecule has 0 bridgehead atoms. The van der Waals surface area contributed by atoms with Gasteiger partial charge in [0.05, 0.1) is 6.04 Å². The van der Waals surface area contributed by atoms with E-state index in [-0.39, 0.29) is 12.0 Å². The normalized spacial score (nSPS) is 14.0. The van der Waals surface area contributed by atoms with Crippen LogP contribution in [0.1, 0.15) is 31.7 Å². The summed E-state index contributed by atoms with van der Waals surface area (Å²) in [7, 11) is 0. The second-order valence-electron chi connectivity index (χ2n) is 4.41. The van der Waals surface area contributed by atoms with Crippen LogP contribution in [0.15, 0.2) is 17.5 Å². The molecule has 1 aromatic rings. The van der Waals surface area contributed by atoms with Crippen molar-refractivity contribution in [2.45, 2.75) is 32.9 Å². The molecule has 100 valence electrons. The van der Waals surface area contributed by atoms with E-state index in [0.717, 1.165) is 4.88 Å². The van der Waals surface area contributed by atoms with Crippen LogP contribution in [0.25, 0.3) is 0 Å². The summed E-state index contributed by atoms with van der Waals surface area (Å²) < 4.78 is 0. The van der Waals surface area contributed by atoms with Gasteiger partial charge in [-0.2, -0.15) is 0 Å². The van der Waals surface area contributed by atoms with Crippen molar-refractivity contribution in [2.24, 2.45) is 5.92 Å². The highest BCUT2D eigenvalue weighted by atomic mass is 32.1. The van der Waals surface area contributed by atoms with Crippen molar-refractivity contribution in [1.82, 2.24) is 10.6 Å². The number of hydrogen-bond acceptors (Lipinski definition) is 3. The number of hydrogen-bond donors (Lipinski definition) is 3. The van der Waals surface area contributed by atoms with Gasteiger partial charge in [-0.1, -0.05) is 19.9 Å². The van der Waals surface area contributed by atoms with Crippen LogP contribution < -0.4 is 10.6 Å². The van der Waals surface area contributed by atoms with Crippen molar-refractivity contribution >= 4 is 23.3 Å². The summed E-state index contributed by atoms with van der Waals surface area (Å²) >= 11 is 1.57. The quantitative estimate of drug-likeness (QED) is 0.767. The Hall–Kier alpha value is -1.56. The third-order valence-electron chi connectivity index (χ3n) is 2.52. The van der Waals surface area contributed by atoms with E-state index < -0.39 is 18.0 Å². The Balaban J connectivity index is 2.62. The minimum atomic E-state index is -1.05. The van der Waals surface area contributed by atoms with Crippen LogP contribution in [0.4, 0.5) is 4.79 Å². The molecule has 2 atom stereocenters. The van der Waals surface area contributed by atoms with Gasteiger partial charge in [-0.05, 0) is 24.3 Å². The summed E-state index contributed by atoms with van der Waals surface area (Å²) in [6, 6.07) is 2.41. The molecular weight excluding hydrogens is 252 g/mol. The molecule has 0 aliphatic heterocycles. The minimum Gasteiger partial charge on any atom is -0.480 e. The number of carboxylic acids is 1. The Bertz CT molecular complexity index is 403. The maximum Gasteiger partial charge on any atom is 0.325 e. The summed E-state index contributed by atoms with van der Waals surface area (Å²) in [5.74, 6) is -0.822. The molecule has 18 heavy (non-hydrogen) atoms. The fourth-order valence-electron chi connectivity index (χ4n) is 1.48. The lowest BCUT2D eigenvalue weighted by atomic mass is 10.0. The number of nitrogens with one attached hydrogen (secondary N) is 2. The number of carbonyl (C=O) groups excluding carboxylic acids is 1. The van der Waals surface area contributed by atoms with E-state index in [1.807, 2.05) is 31.4 Å². The van der Waals surface area contributed by atoms with Gasteiger partial charge in [0.2, 0.25) is 0 Å². The van der Waals surface area contributed by atoms with E-state index in [1.165, 1.54) is 6.92 Å². The molecule has 0 aliphatic carbocycles. The number of rotatable bonds is 5.